The molecular formula is C13H14ClNO3. The first-order valence-corrected chi connectivity index (χ1v) is 6.18. The Balaban J connectivity index is 2.33. The van der Waals surface area contributed by atoms with Crippen molar-refractivity contribution in [2.24, 2.45) is 0 Å². The second-order valence-corrected chi connectivity index (χ2v) is 4.85. The van der Waals surface area contributed by atoms with Crippen LogP contribution in [0.2, 0.25) is 0 Å². The van der Waals surface area contributed by atoms with Crippen LogP contribution in [-0.2, 0) is 11.2 Å². The average molecular weight is 268 g/mol. The van der Waals surface area contributed by atoms with E-state index >= 15 is 0 Å². The van der Waals surface area contributed by atoms with Gasteiger partial charge in [0.2, 0.25) is 5.24 Å². The van der Waals surface area contributed by atoms with Gasteiger partial charge in [0.15, 0.2) is 0 Å². The van der Waals surface area contributed by atoms with Crippen molar-refractivity contribution in [3.05, 3.63) is 35.9 Å². The number of carboxylic acid groups (broad SMARTS) is 1. The average Bonchev–Trinajstić information content (AvgIpc) is 2.75. The molecule has 2 rings (SSSR count). The third kappa shape index (κ3) is 2.20. The van der Waals surface area contributed by atoms with E-state index in [2.05, 4.69) is 0 Å². The number of amides is 1. The Morgan fingerprint density at radius 2 is 2.00 bits per heavy atom. The lowest BCUT2D eigenvalue weighted by Gasteiger charge is -2.33. The van der Waals surface area contributed by atoms with Crippen LogP contribution in [0.4, 0.5) is 4.79 Å². The monoisotopic (exact) mass is 267 g/mol. The Morgan fingerprint density at radius 1 is 1.33 bits per heavy atom. The molecule has 0 saturated carbocycles. The van der Waals surface area contributed by atoms with Crippen LogP contribution in [0.3, 0.4) is 0 Å². The minimum atomic E-state index is -1.10. The van der Waals surface area contributed by atoms with Gasteiger partial charge < -0.3 is 5.11 Å². The fraction of sp³-hybridized carbons (Fsp3) is 0.385. The van der Waals surface area contributed by atoms with Gasteiger partial charge >= 0.3 is 6.09 Å². The molecule has 1 N–H and O–H groups in total. The van der Waals surface area contributed by atoms with Crippen molar-refractivity contribution in [3.8, 4) is 0 Å². The Bertz CT molecular complexity index is 463. The molecule has 18 heavy (non-hydrogen) atoms. The highest BCUT2D eigenvalue weighted by atomic mass is 35.5. The van der Waals surface area contributed by atoms with Crippen molar-refractivity contribution in [3.63, 3.8) is 0 Å². The van der Waals surface area contributed by atoms with E-state index in [1.165, 1.54) is 4.90 Å². The molecule has 1 heterocycles. The maximum atomic E-state index is 11.7. The first kappa shape index (κ1) is 12.9. The van der Waals surface area contributed by atoms with Crippen LogP contribution in [0, 0.1) is 0 Å². The Kier molecular flexibility index (Phi) is 3.57. The van der Waals surface area contributed by atoms with Crippen molar-refractivity contribution in [2.45, 2.75) is 24.8 Å². The molecular weight excluding hydrogens is 254 g/mol. The highest BCUT2D eigenvalue weighted by molar-refractivity contribution is 6.65. The molecule has 0 spiro atoms. The molecule has 0 unspecified atom stereocenters. The number of carbonyl (C=O) groups excluding carboxylic acids is 1. The van der Waals surface area contributed by atoms with Crippen LogP contribution >= 0.6 is 11.6 Å². The van der Waals surface area contributed by atoms with Gasteiger partial charge in [-0.1, -0.05) is 30.3 Å². The molecule has 1 aliphatic heterocycles. The van der Waals surface area contributed by atoms with Gasteiger partial charge in [-0.2, -0.15) is 0 Å². The minimum Gasteiger partial charge on any atom is -0.465 e. The summed E-state index contributed by atoms with van der Waals surface area (Å²) in [5, 5.41) is 8.60. The lowest BCUT2D eigenvalue weighted by atomic mass is 9.89. The molecule has 1 atom stereocenters. The molecule has 0 aliphatic carbocycles. The summed E-state index contributed by atoms with van der Waals surface area (Å²) in [4.78, 5) is 24.2. The molecule has 1 amide bonds. The van der Waals surface area contributed by atoms with Crippen LogP contribution in [-0.4, -0.2) is 33.4 Å². The third-order valence-electron chi connectivity index (χ3n) is 3.42. The van der Waals surface area contributed by atoms with E-state index in [0.29, 0.717) is 25.8 Å². The zero-order chi connectivity index (χ0) is 13.2. The van der Waals surface area contributed by atoms with Crippen LogP contribution in [0.1, 0.15) is 18.4 Å². The lowest BCUT2D eigenvalue weighted by molar-refractivity contribution is -0.120. The number of nitrogens with zero attached hydrogens (tertiary/aromatic N) is 1. The van der Waals surface area contributed by atoms with Crippen molar-refractivity contribution in [1.29, 1.82) is 0 Å². The zero-order valence-electron chi connectivity index (χ0n) is 9.80. The maximum absolute atomic E-state index is 11.7. The summed E-state index contributed by atoms with van der Waals surface area (Å²) in [5.41, 5.74) is -0.186. The van der Waals surface area contributed by atoms with Crippen molar-refractivity contribution in [1.82, 2.24) is 4.90 Å². The van der Waals surface area contributed by atoms with Gasteiger partial charge in [-0.3, -0.25) is 9.69 Å². The molecule has 1 aromatic rings. The van der Waals surface area contributed by atoms with E-state index < -0.39 is 16.9 Å². The molecule has 1 aromatic carbocycles. The van der Waals surface area contributed by atoms with Gasteiger partial charge in [-0.05, 0) is 30.0 Å². The second-order valence-electron chi connectivity index (χ2n) is 4.51. The van der Waals surface area contributed by atoms with E-state index in [4.69, 9.17) is 11.6 Å². The summed E-state index contributed by atoms with van der Waals surface area (Å²) >= 11 is 5.69. The fourth-order valence-corrected chi connectivity index (χ4v) is 2.81. The summed E-state index contributed by atoms with van der Waals surface area (Å²) in [7, 11) is 0. The number of rotatable bonds is 3. The molecule has 1 aliphatic rings. The van der Waals surface area contributed by atoms with E-state index in [1.807, 2.05) is 30.3 Å². The number of hydrogen-bond acceptors (Lipinski definition) is 2. The fourth-order valence-electron chi connectivity index (χ4n) is 2.55. The molecule has 96 valence electrons. The zero-order valence-corrected chi connectivity index (χ0v) is 10.6. The van der Waals surface area contributed by atoms with Gasteiger partial charge in [-0.15, -0.1) is 0 Å². The smallest absolute Gasteiger partial charge is 0.408 e. The van der Waals surface area contributed by atoms with Crippen LogP contribution in [0.5, 0.6) is 0 Å². The normalized spacial score (nSPS) is 23.1. The predicted octanol–water partition coefficient (Wildman–Crippen LogP) is 2.51. The van der Waals surface area contributed by atoms with Gasteiger partial charge in [0.05, 0.1) is 0 Å². The third-order valence-corrected chi connectivity index (χ3v) is 3.78. The summed E-state index contributed by atoms with van der Waals surface area (Å²) in [6.45, 7) is 0.362. The van der Waals surface area contributed by atoms with Crippen LogP contribution in [0.15, 0.2) is 30.3 Å². The number of hydrogen-bond donors (Lipinski definition) is 1. The van der Waals surface area contributed by atoms with Gasteiger partial charge in [-0.25, -0.2) is 4.79 Å². The Morgan fingerprint density at radius 3 is 2.56 bits per heavy atom. The molecule has 0 bridgehead atoms. The van der Waals surface area contributed by atoms with Gasteiger partial charge in [0.1, 0.15) is 5.54 Å². The Hall–Kier alpha value is -1.55. The number of halogens is 1. The van der Waals surface area contributed by atoms with Crippen molar-refractivity contribution < 1.29 is 14.7 Å². The lowest BCUT2D eigenvalue weighted by Crippen LogP contribution is -2.52. The molecule has 5 heteroatoms. The van der Waals surface area contributed by atoms with Crippen molar-refractivity contribution in [2.75, 3.05) is 6.54 Å². The maximum Gasteiger partial charge on any atom is 0.408 e. The van der Waals surface area contributed by atoms with Gasteiger partial charge in [0.25, 0.3) is 0 Å². The van der Waals surface area contributed by atoms with Crippen LogP contribution in [0.25, 0.3) is 0 Å². The summed E-state index contributed by atoms with van der Waals surface area (Å²) < 4.78 is 0. The largest absolute Gasteiger partial charge is 0.465 e. The van der Waals surface area contributed by atoms with E-state index in [9.17, 15) is 14.7 Å². The predicted molar refractivity (Wildman–Crippen MR) is 67.7 cm³/mol. The first-order chi connectivity index (χ1) is 8.56. The molecule has 1 fully saturated rings. The standard InChI is InChI=1S/C13H14ClNO3/c14-11(16)13(7-4-8-15(13)12(17)18)9-10-5-2-1-3-6-10/h1-3,5-6H,4,7-9H2,(H,17,18)/t13-/m0/s1. The number of carbonyl (C=O) groups is 2. The molecule has 0 radical (unpaired) electrons. The highest BCUT2D eigenvalue weighted by Gasteiger charge is 2.49. The summed E-state index contributed by atoms with van der Waals surface area (Å²) in [6, 6.07) is 9.35. The topological polar surface area (TPSA) is 57.6 Å². The van der Waals surface area contributed by atoms with E-state index in [-0.39, 0.29) is 0 Å². The minimum absolute atomic E-state index is 0.336. The summed E-state index contributed by atoms with van der Waals surface area (Å²) in [5.74, 6) is 0. The highest BCUT2D eigenvalue weighted by Crippen LogP contribution is 2.35. The quantitative estimate of drug-likeness (QED) is 0.856. The Labute approximate surface area is 110 Å². The molecule has 1 saturated heterocycles. The SMILES string of the molecule is O=C(O)N1CCC[C@]1(Cc1ccccc1)C(=O)Cl. The van der Waals surface area contributed by atoms with Crippen LogP contribution < -0.4 is 0 Å². The van der Waals surface area contributed by atoms with E-state index in [0.717, 1.165) is 5.56 Å². The summed E-state index contributed by atoms with van der Waals surface area (Å²) in [6.07, 6.45) is 0.397. The number of benzene rings is 1. The first-order valence-electron chi connectivity index (χ1n) is 5.81. The molecule has 4 nitrogen and oxygen atoms in total. The van der Waals surface area contributed by atoms with Gasteiger partial charge in [0, 0.05) is 13.0 Å². The number of likely N-dealkylation sites (tertiary alicyclic amines) is 1. The van der Waals surface area contributed by atoms with E-state index in [1.54, 1.807) is 0 Å². The molecule has 0 aromatic heterocycles. The van der Waals surface area contributed by atoms with Crippen molar-refractivity contribution >= 4 is 22.9 Å². The second kappa shape index (κ2) is 4.98.